The van der Waals surface area contributed by atoms with Crippen molar-refractivity contribution in [2.24, 2.45) is 0 Å². The minimum atomic E-state index is -0.00781. The molecule has 0 radical (unpaired) electrons. The molecule has 4 heteroatoms. The molecular weight excluding hydrogens is 400 g/mol. The maximum atomic E-state index is 10.8. The van der Waals surface area contributed by atoms with E-state index in [4.69, 9.17) is 9.47 Å². The molecule has 2 aromatic rings. The van der Waals surface area contributed by atoms with E-state index in [0.29, 0.717) is 30.1 Å². The first-order chi connectivity index (χ1) is 15.2. The molecule has 0 amide bonds. The van der Waals surface area contributed by atoms with Gasteiger partial charge in [-0.15, -0.1) is 0 Å². The fourth-order valence-electron chi connectivity index (χ4n) is 3.37. The van der Waals surface area contributed by atoms with E-state index < -0.39 is 0 Å². The molecule has 0 aliphatic carbocycles. The number of allylic oxidation sites excluding steroid dienone is 5. The maximum Gasteiger partial charge on any atom is 0.200 e. The van der Waals surface area contributed by atoms with Crippen LogP contribution in [0.25, 0.3) is 6.08 Å². The number of aromatic hydroxyl groups is 2. The highest BCUT2D eigenvalue weighted by atomic mass is 16.5. The van der Waals surface area contributed by atoms with Crippen LogP contribution >= 0.6 is 0 Å². The van der Waals surface area contributed by atoms with Gasteiger partial charge >= 0.3 is 0 Å². The normalized spacial score (nSPS) is 11.8. The van der Waals surface area contributed by atoms with Gasteiger partial charge in [-0.3, -0.25) is 0 Å². The van der Waals surface area contributed by atoms with Crippen molar-refractivity contribution in [2.75, 3.05) is 14.2 Å². The van der Waals surface area contributed by atoms with Crippen LogP contribution in [0.15, 0.2) is 53.6 Å². The Bertz CT molecular complexity index is 954. The van der Waals surface area contributed by atoms with Gasteiger partial charge in [-0.25, -0.2) is 0 Å². The highest BCUT2D eigenvalue weighted by Crippen LogP contribution is 2.38. The van der Waals surface area contributed by atoms with Crippen LogP contribution in [0, 0.1) is 0 Å². The predicted molar refractivity (Wildman–Crippen MR) is 133 cm³/mol. The molecule has 0 spiro atoms. The Labute approximate surface area is 192 Å². The summed E-state index contributed by atoms with van der Waals surface area (Å²) >= 11 is 0. The summed E-state index contributed by atoms with van der Waals surface area (Å²) in [5, 5.41) is 21.0. The predicted octanol–water partition coefficient (Wildman–Crippen LogP) is 6.95. The second-order valence-corrected chi connectivity index (χ2v) is 8.58. The Morgan fingerprint density at radius 3 is 1.69 bits per heavy atom. The summed E-state index contributed by atoms with van der Waals surface area (Å²) in [5.41, 5.74) is 6.35. The second kappa shape index (κ2) is 11.5. The third kappa shape index (κ3) is 6.68. The zero-order chi connectivity index (χ0) is 23.8. The minimum Gasteiger partial charge on any atom is -0.507 e. The summed E-state index contributed by atoms with van der Waals surface area (Å²) in [5.74, 6) is 1.24. The van der Waals surface area contributed by atoms with E-state index in [9.17, 15) is 10.2 Å². The number of methoxy groups -OCH3 is 2. The van der Waals surface area contributed by atoms with Crippen molar-refractivity contribution in [3.05, 3.63) is 75.9 Å². The topological polar surface area (TPSA) is 58.9 Å². The first-order valence-electron chi connectivity index (χ1n) is 10.9. The quantitative estimate of drug-likeness (QED) is 0.418. The molecule has 172 valence electrons. The van der Waals surface area contributed by atoms with Crippen molar-refractivity contribution < 1.29 is 19.7 Å². The molecule has 1 unspecified atom stereocenters. The highest BCUT2D eigenvalue weighted by molar-refractivity contribution is 5.62. The van der Waals surface area contributed by atoms with Crippen molar-refractivity contribution >= 4 is 6.08 Å². The Hall–Kier alpha value is -3.14. The summed E-state index contributed by atoms with van der Waals surface area (Å²) in [6, 6.07) is 7.73. The van der Waals surface area contributed by atoms with Crippen LogP contribution in [0.3, 0.4) is 0 Å². The maximum absolute atomic E-state index is 10.8. The van der Waals surface area contributed by atoms with Gasteiger partial charge in [-0.05, 0) is 80.8 Å². The number of hydrogen-bond donors (Lipinski definition) is 2. The molecule has 4 nitrogen and oxygen atoms in total. The summed E-state index contributed by atoms with van der Waals surface area (Å²) in [4.78, 5) is 0. The van der Waals surface area contributed by atoms with E-state index in [1.165, 1.54) is 25.4 Å². The van der Waals surface area contributed by atoms with Gasteiger partial charge in [-0.2, -0.15) is 0 Å². The largest absolute Gasteiger partial charge is 0.507 e. The van der Waals surface area contributed by atoms with Crippen molar-refractivity contribution in [3.8, 4) is 23.0 Å². The Balaban J connectivity index is 2.42. The van der Waals surface area contributed by atoms with Crippen LogP contribution in [-0.4, -0.2) is 24.4 Å². The van der Waals surface area contributed by atoms with Crippen LogP contribution < -0.4 is 9.47 Å². The first kappa shape index (κ1) is 25.1. The number of rotatable bonds is 9. The lowest BCUT2D eigenvalue weighted by Crippen LogP contribution is -1.97. The zero-order valence-electron chi connectivity index (χ0n) is 20.3. The molecule has 0 aliphatic heterocycles. The van der Waals surface area contributed by atoms with Crippen molar-refractivity contribution in [1.82, 2.24) is 0 Å². The van der Waals surface area contributed by atoms with Gasteiger partial charge in [0, 0.05) is 0 Å². The Morgan fingerprint density at radius 2 is 1.28 bits per heavy atom. The average Bonchev–Trinajstić information content (AvgIpc) is 2.76. The smallest absolute Gasteiger partial charge is 0.200 e. The molecule has 2 rings (SSSR count). The summed E-state index contributed by atoms with van der Waals surface area (Å²) in [6.45, 7) is 10.4. The molecule has 2 aromatic carbocycles. The van der Waals surface area contributed by atoms with Gasteiger partial charge in [0.1, 0.15) is 5.75 Å². The average molecular weight is 437 g/mol. The molecule has 0 fully saturated rings. The summed E-state index contributed by atoms with van der Waals surface area (Å²) in [6.07, 6.45) is 9.78. The third-order valence-corrected chi connectivity index (χ3v) is 5.36. The molecule has 0 aliphatic rings. The SMILES string of the molecule is COc1cc(C=CC(C)c2cc(CC=C(C)C)c(O)c(CC=C(C)C)c2)cc(OC)c1O. The van der Waals surface area contributed by atoms with E-state index >= 15 is 0 Å². The zero-order valence-corrected chi connectivity index (χ0v) is 20.3. The molecular formula is C28H36O4. The monoisotopic (exact) mass is 436 g/mol. The van der Waals surface area contributed by atoms with Gasteiger partial charge in [0.2, 0.25) is 5.75 Å². The Kier molecular flexibility index (Phi) is 9.01. The third-order valence-electron chi connectivity index (χ3n) is 5.36. The highest BCUT2D eigenvalue weighted by Gasteiger charge is 2.13. The van der Waals surface area contributed by atoms with Crippen LogP contribution in [0.2, 0.25) is 0 Å². The first-order valence-corrected chi connectivity index (χ1v) is 10.9. The number of hydrogen-bond acceptors (Lipinski definition) is 4. The van der Waals surface area contributed by atoms with Crippen LogP contribution in [0.1, 0.15) is 62.8 Å². The van der Waals surface area contributed by atoms with E-state index in [1.54, 1.807) is 12.1 Å². The molecule has 0 heterocycles. The van der Waals surface area contributed by atoms with Crippen molar-refractivity contribution in [2.45, 2.75) is 53.4 Å². The molecule has 0 aromatic heterocycles. The molecule has 0 saturated heterocycles. The van der Waals surface area contributed by atoms with Crippen molar-refractivity contribution in [3.63, 3.8) is 0 Å². The summed E-state index contributed by atoms with van der Waals surface area (Å²) < 4.78 is 10.5. The lowest BCUT2D eigenvalue weighted by Gasteiger charge is -2.15. The fraction of sp³-hybridized carbons (Fsp3) is 0.357. The van der Waals surface area contributed by atoms with E-state index in [0.717, 1.165) is 22.3 Å². The van der Waals surface area contributed by atoms with Crippen LogP contribution in [0.5, 0.6) is 23.0 Å². The number of benzene rings is 2. The van der Waals surface area contributed by atoms with Gasteiger partial charge in [-0.1, -0.05) is 54.5 Å². The minimum absolute atomic E-state index is 0.00781. The fourth-order valence-corrected chi connectivity index (χ4v) is 3.37. The van der Waals surface area contributed by atoms with Crippen LogP contribution in [-0.2, 0) is 12.8 Å². The molecule has 32 heavy (non-hydrogen) atoms. The van der Waals surface area contributed by atoms with E-state index in [1.807, 2.05) is 6.08 Å². The van der Waals surface area contributed by atoms with E-state index in [-0.39, 0.29) is 11.7 Å². The standard InChI is InChI=1S/C28H36O4/c1-18(2)8-12-22-16-24(17-23(27(22)29)13-9-19(3)4)20(5)10-11-21-14-25(31-6)28(30)26(15-21)32-7/h8-11,14-17,20,29-30H,12-13H2,1-7H3. The van der Waals surface area contributed by atoms with Crippen LogP contribution in [0.4, 0.5) is 0 Å². The second-order valence-electron chi connectivity index (χ2n) is 8.58. The van der Waals surface area contributed by atoms with Gasteiger partial charge in [0.25, 0.3) is 0 Å². The van der Waals surface area contributed by atoms with Gasteiger partial charge in [0.15, 0.2) is 11.5 Å². The van der Waals surface area contributed by atoms with Crippen molar-refractivity contribution in [1.29, 1.82) is 0 Å². The Morgan fingerprint density at radius 1 is 0.812 bits per heavy atom. The molecule has 2 N–H and O–H groups in total. The molecule has 1 atom stereocenters. The number of phenolic OH excluding ortho intramolecular Hbond substituents is 2. The number of ether oxygens (including phenoxy) is 2. The molecule has 0 saturated carbocycles. The molecule has 0 bridgehead atoms. The van der Waals surface area contributed by atoms with E-state index in [2.05, 4.69) is 65.0 Å². The lowest BCUT2D eigenvalue weighted by molar-refractivity contribution is 0.340. The lowest BCUT2D eigenvalue weighted by atomic mass is 9.92. The van der Waals surface area contributed by atoms with Gasteiger partial charge < -0.3 is 19.7 Å². The number of phenols is 2. The summed E-state index contributed by atoms with van der Waals surface area (Å²) in [7, 11) is 3.03. The van der Waals surface area contributed by atoms with Gasteiger partial charge in [0.05, 0.1) is 14.2 Å².